The summed E-state index contributed by atoms with van der Waals surface area (Å²) >= 11 is 6.02. The highest BCUT2D eigenvalue weighted by atomic mass is 35.5. The maximum absolute atomic E-state index is 14.1. The highest BCUT2D eigenvalue weighted by Crippen LogP contribution is 2.32. The lowest BCUT2D eigenvalue weighted by Crippen LogP contribution is -2.08. The summed E-state index contributed by atoms with van der Waals surface area (Å²) in [6, 6.07) is 8.38. The summed E-state index contributed by atoms with van der Waals surface area (Å²) in [5, 5.41) is 9.84. The standard InChI is InChI=1S/C16H10ClFO3/c1-8-14(15-11(17)3-2-4-12(15)18)16(20)10-6-5-9(19)7-13(10)21-8/h2-7,19H,1H3. The molecule has 0 radical (unpaired) electrons. The zero-order chi connectivity index (χ0) is 15.1. The molecule has 0 aliphatic heterocycles. The number of phenolic OH excluding ortho intramolecular Hbond substituents is 1. The van der Waals surface area contributed by atoms with E-state index >= 15 is 0 Å². The number of phenols is 1. The summed E-state index contributed by atoms with van der Waals surface area (Å²) < 4.78 is 19.6. The molecule has 1 N–H and O–H groups in total. The normalized spacial score (nSPS) is 11.0. The van der Waals surface area contributed by atoms with Crippen molar-refractivity contribution >= 4 is 22.6 Å². The van der Waals surface area contributed by atoms with Gasteiger partial charge in [0.05, 0.1) is 16.0 Å². The van der Waals surface area contributed by atoms with Crippen molar-refractivity contribution in [1.82, 2.24) is 0 Å². The number of aromatic hydroxyl groups is 1. The van der Waals surface area contributed by atoms with E-state index in [9.17, 15) is 14.3 Å². The third kappa shape index (κ3) is 2.17. The van der Waals surface area contributed by atoms with E-state index in [4.69, 9.17) is 16.0 Å². The second-order valence-corrected chi connectivity index (χ2v) is 5.05. The molecule has 0 fully saturated rings. The Bertz CT molecular complexity index is 895. The van der Waals surface area contributed by atoms with Crippen LogP contribution in [0.4, 0.5) is 4.39 Å². The fourth-order valence-electron chi connectivity index (χ4n) is 2.32. The summed E-state index contributed by atoms with van der Waals surface area (Å²) in [4.78, 5) is 12.6. The predicted octanol–water partition coefficient (Wildman–Crippen LogP) is 4.27. The molecule has 0 spiro atoms. The van der Waals surface area contributed by atoms with Crippen LogP contribution in [0.5, 0.6) is 5.75 Å². The smallest absolute Gasteiger partial charge is 0.200 e. The van der Waals surface area contributed by atoms with Crippen LogP contribution in [0.2, 0.25) is 5.02 Å². The third-order valence-corrected chi connectivity index (χ3v) is 3.58. The largest absolute Gasteiger partial charge is 0.508 e. The average Bonchev–Trinajstić information content (AvgIpc) is 2.41. The molecule has 5 heteroatoms. The van der Waals surface area contributed by atoms with Gasteiger partial charge in [-0.2, -0.15) is 0 Å². The molecule has 2 aromatic carbocycles. The lowest BCUT2D eigenvalue weighted by molar-refractivity contribution is 0.473. The average molecular weight is 305 g/mol. The Kier molecular flexibility index (Phi) is 3.18. The van der Waals surface area contributed by atoms with Crippen LogP contribution in [0, 0.1) is 12.7 Å². The van der Waals surface area contributed by atoms with Gasteiger partial charge in [-0.25, -0.2) is 4.39 Å². The monoisotopic (exact) mass is 304 g/mol. The molecule has 1 aromatic heterocycles. The van der Waals surface area contributed by atoms with Gasteiger partial charge < -0.3 is 9.52 Å². The second-order valence-electron chi connectivity index (χ2n) is 4.64. The minimum absolute atomic E-state index is 0.0123. The van der Waals surface area contributed by atoms with Gasteiger partial charge >= 0.3 is 0 Å². The third-order valence-electron chi connectivity index (χ3n) is 3.26. The molecule has 0 atom stereocenters. The fraction of sp³-hybridized carbons (Fsp3) is 0.0625. The molecule has 1 heterocycles. The summed E-state index contributed by atoms with van der Waals surface area (Å²) in [6.07, 6.45) is 0. The minimum atomic E-state index is -0.587. The maximum Gasteiger partial charge on any atom is 0.200 e. The predicted molar refractivity (Wildman–Crippen MR) is 79.3 cm³/mol. The van der Waals surface area contributed by atoms with Crippen molar-refractivity contribution in [3.8, 4) is 16.9 Å². The van der Waals surface area contributed by atoms with Crippen LogP contribution in [-0.2, 0) is 0 Å². The lowest BCUT2D eigenvalue weighted by Gasteiger charge is -2.09. The Morgan fingerprint density at radius 2 is 1.95 bits per heavy atom. The molecule has 21 heavy (non-hydrogen) atoms. The Labute approximate surface area is 124 Å². The van der Waals surface area contributed by atoms with Gasteiger partial charge in [-0.3, -0.25) is 4.79 Å². The Morgan fingerprint density at radius 1 is 1.19 bits per heavy atom. The van der Waals surface area contributed by atoms with E-state index in [-0.39, 0.29) is 44.1 Å². The molecule has 3 aromatic rings. The summed E-state index contributed by atoms with van der Waals surface area (Å²) in [7, 11) is 0. The van der Waals surface area contributed by atoms with E-state index in [0.717, 1.165) is 0 Å². The molecule has 106 valence electrons. The van der Waals surface area contributed by atoms with Crippen LogP contribution in [0.25, 0.3) is 22.1 Å². The van der Waals surface area contributed by atoms with Gasteiger partial charge in [-0.1, -0.05) is 17.7 Å². The van der Waals surface area contributed by atoms with Gasteiger partial charge in [0.2, 0.25) is 5.43 Å². The van der Waals surface area contributed by atoms with Crippen molar-refractivity contribution in [1.29, 1.82) is 0 Å². The summed E-state index contributed by atoms with van der Waals surface area (Å²) in [5.41, 5.74) is -0.0221. The van der Waals surface area contributed by atoms with Gasteiger partial charge in [-0.15, -0.1) is 0 Å². The van der Waals surface area contributed by atoms with Crippen molar-refractivity contribution in [2.45, 2.75) is 6.92 Å². The second kappa shape index (κ2) is 4.90. The molecule has 0 bridgehead atoms. The lowest BCUT2D eigenvalue weighted by atomic mass is 10.0. The van der Waals surface area contributed by atoms with Crippen molar-refractivity contribution in [3.63, 3.8) is 0 Å². The molecule has 0 amide bonds. The van der Waals surface area contributed by atoms with Crippen LogP contribution in [-0.4, -0.2) is 5.11 Å². The van der Waals surface area contributed by atoms with Crippen molar-refractivity contribution < 1.29 is 13.9 Å². The Hall–Kier alpha value is -2.33. The van der Waals surface area contributed by atoms with Gasteiger partial charge in [0.1, 0.15) is 22.9 Å². The molecule has 0 aliphatic rings. The van der Waals surface area contributed by atoms with Crippen LogP contribution < -0.4 is 5.43 Å². The van der Waals surface area contributed by atoms with Crippen LogP contribution in [0.15, 0.2) is 45.6 Å². The zero-order valence-corrected chi connectivity index (χ0v) is 11.7. The minimum Gasteiger partial charge on any atom is -0.508 e. The molecular weight excluding hydrogens is 295 g/mol. The topological polar surface area (TPSA) is 50.4 Å². The quantitative estimate of drug-likeness (QED) is 0.730. The van der Waals surface area contributed by atoms with E-state index in [1.165, 1.54) is 36.4 Å². The van der Waals surface area contributed by atoms with Crippen molar-refractivity contribution in [3.05, 3.63) is 63.2 Å². The van der Waals surface area contributed by atoms with Crippen LogP contribution in [0.1, 0.15) is 5.76 Å². The Morgan fingerprint density at radius 3 is 2.67 bits per heavy atom. The SMILES string of the molecule is Cc1oc2cc(O)ccc2c(=O)c1-c1c(F)cccc1Cl. The molecule has 0 unspecified atom stereocenters. The molecule has 3 rings (SSSR count). The first-order valence-electron chi connectivity index (χ1n) is 6.20. The molecule has 0 aliphatic carbocycles. The molecule has 0 saturated carbocycles. The number of benzene rings is 2. The zero-order valence-electron chi connectivity index (χ0n) is 11.0. The van der Waals surface area contributed by atoms with E-state index in [1.54, 1.807) is 6.92 Å². The number of hydrogen-bond donors (Lipinski definition) is 1. The van der Waals surface area contributed by atoms with Gasteiger partial charge in [0.25, 0.3) is 0 Å². The highest BCUT2D eigenvalue weighted by Gasteiger charge is 2.19. The molecular formula is C16H10ClFO3. The first kappa shape index (κ1) is 13.6. The maximum atomic E-state index is 14.1. The number of hydrogen-bond acceptors (Lipinski definition) is 3. The highest BCUT2D eigenvalue weighted by molar-refractivity contribution is 6.33. The first-order chi connectivity index (χ1) is 9.99. The van der Waals surface area contributed by atoms with Gasteiger partial charge in [0.15, 0.2) is 0 Å². The van der Waals surface area contributed by atoms with Gasteiger partial charge in [-0.05, 0) is 31.2 Å². The summed E-state index contributed by atoms with van der Waals surface area (Å²) in [5.74, 6) is -0.358. The van der Waals surface area contributed by atoms with E-state index in [1.807, 2.05) is 0 Å². The van der Waals surface area contributed by atoms with Crippen molar-refractivity contribution in [2.24, 2.45) is 0 Å². The van der Waals surface area contributed by atoms with Crippen LogP contribution >= 0.6 is 11.6 Å². The number of aryl methyl sites for hydroxylation is 1. The number of halogens is 2. The molecule has 3 nitrogen and oxygen atoms in total. The van der Waals surface area contributed by atoms with E-state index in [0.29, 0.717) is 0 Å². The molecule has 0 saturated heterocycles. The Balaban J connectivity index is 2.44. The van der Waals surface area contributed by atoms with Crippen molar-refractivity contribution in [2.75, 3.05) is 0 Å². The van der Waals surface area contributed by atoms with Gasteiger partial charge in [0, 0.05) is 11.6 Å². The first-order valence-corrected chi connectivity index (χ1v) is 6.57. The van der Waals surface area contributed by atoms with Crippen LogP contribution in [0.3, 0.4) is 0 Å². The number of rotatable bonds is 1. The summed E-state index contributed by atoms with van der Waals surface area (Å²) in [6.45, 7) is 1.56. The number of fused-ring (bicyclic) bond motifs is 1. The fourth-order valence-corrected chi connectivity index (χ4v) is 2.58. The van der Waals surface area contributed by atoms with E-state index < -0.39 is 5.82 Å². The van der Waals surface area contributed by atoms with E-state index in [2.05, 4.69) is 0 Å².